The molecule has 0 spiro atoms. The summed E-state index contributed by atoms with van der Waals surface area (Å²) in [6.45, 7) is 10.9. The van der Waals surface area contributed by atoms with E-state index in [0.717, 1.165) is 6.42 Å². The van der Waals surface area contributed by atoms with Gasteiger partial charge in [-0.15, -0.1) is 0 Å². The molecule has 0 aromatic rings. The third kappa shape index (κ3) is 3.06. The van der Waals surface area contributed by atoms with E-state index in [4.69, 9.17) is 0 Å². The summed E-state index contributed by atoms with van der Waals surface area (Å²) < 4.78 is 11.3. The van der Waals surface area contributed by atoms with Gasteiger partial charge < -0.3 is 0 Å². The molecule has 0 aliphatic heterocycles. The Kier molecular flexibility index (Phi) is 5.80. The topological polar surface area (TPSA) is 17.1 Å². The predicted octanol–water partition coefficient (Wildman–Crippen LogP) is 4.52. The molecular weight excluding hydrogens is 179 g/mol. The second-order valence-electron chi connectivity index (χ2n) is 4.50. The van der Waals surface area contributed by atoms with Gasteiger partial charge in [0.2, 0.25) is 0 Å². The second-order valence-corrected chi connectivity index (χ2v) is 5.51. The molecular formula is C11H23OP. The van der Waals surface area contributed by atoms with Crippen LogP contribution in [0.5, 0.6) is 0 Å². The molecule has 78 valence electrons. The summed E-state index contributed by atoms with van der Waals surface area (Å²) in [6, 6.07) is 0. The fourth-order valence-electron chi connectivity index (χ4n) is 1.96. The van der Waals surface area contributed by atoms with Gasteiger partial charge in [0.25, 0.3) is 0 Å². The average Bonchev–Trinajstić information content (AvgIpc) is 2.05. The van der Waals surface area contributed by atoms with Gasteiger partial charge in [0, 0.05) is 0 Å². The molecule has 2 heteroatoms. The Morgan fingerprint density at radius 3 is 1.85 bits per heavy atom. The highest BCUT2D eigenvalue weighted by atomic mass is 31.1. The highest BCUT2D eigenvalue weighted by Gasteiger charge is 2.37. The third-order valence-electron chi connectivity index (χ3n) is 3.10. The Hall–Kier alpha value is 0.100. The molecule has 1 nitrogen and oxygen atoms in total. The maximum absolute atomic E-state index is 11.3. The molecule has 0 atom stereocenters. The first kappa shape index (κ1) is 13.1. The van der Waals surface area contributed by atoms with Crippen molar-refractivity contribution >= 4 is 8.46 Å². The Morgan fingerprint density at radius 1 is 1.15 bits per heavy atom. The predicted molar refractivity (Wildman–Crippen MR) is 59.5 cm³/mol. The minimum absolute atomic E-state index is 0.00993. The van der Waals surface area contributed by atoms with E-state index < -0.39 is 0 Å². The van der Waals surface area contributed by atoms with Crippen molar-refractivity contribution < 1.29 is 4.57 Å². The van der Waals surface area contributed by atoms with Gasteiger partial charge in [-0.05, 0) is 18.3 Å². The minimum atomic E-state index is 0.00993. The molecule has 0 saturated carbocycles. The standard InChI is InChI=1S/C11H23OP/c1-6-7-8-11(13-12,9(2)3)10(4)5/h9-10H,6-8H2,1-5H3. The van der Waals surface area contributed by atoms with Crippen LogP contribution in [0.3, 0.4) is 0 Å². The van der Waals surface area contributed by atoms with Crippen LogP contribution in [0.2, 0.25) is 0 Å². The van der Waals surface area contributed by atoms with Crippen LogP contribution in [0.4, 0.5) is 0 Å². The van der Waals surface area contributed by atoms with E-state index in [-0.39, 0.29) is 5.16 Å². The van der Waals surface area contributed by atoms with Gasteiger partial charge in [-0.3, -0.25) is 4.57 Å². The number of unbranched alkanes of at least 4 members (excludes halogenated alkanes) is 1. The van der Waals surface area contributed by atoms with Crippen LogP contribution >= 0.6 is 8.46 Å². The van der Waals surface area contributed by atoms with E-state index >= 15 is 0 Å². The fraction of sp³-hybridized carbons (Fsp3) is 1.00. The largest absolute Gasteiger partial charge is 0.274 e. The highest BCUT2D eigenvalue weighted by molar-refractivity contribution is 7.26. The van der Waals surface area contributed by atoms with Gasteiger partial charge >= 0.3 is 0 Å². The molecule has 0 amide bonds. The quantitative estimate of drug-likeness (QED) is 0.579. The summed E-state index contributed by atoms with van der Waals surface area (Å²) in [5.74, 6) is 0.997. The summed E-state index contributed by atoms with van der Waals surface area (Å²) in [4.78, 5) is 0. The SMILES string of the molecule is CCCCC(P=O)(C(C)C)C(C)C. The van der Waals surface area contributed by atoms with Gasteiger partial charge in [-0.2, -0.15) is 0 Å². The monoisotopic (exact) mass is 202 g/mol. The van der Waals surface area contributed by atoms with Crippen LogP contribution in [0.1, 0.15) is 53.9 Å². The maximum Gasteiger partial charge on any atom is 0.162 e. The molecule has 0 bridgehead atoms. The zero-order valence-corrected chi connectivity index (χ0v) is 10.5. The van der Waals surface area contributed by atoms with Crippen molar-refractivity contribution in [2.45, 2.75) is 59.0 Å². The van der Waals surface area contributed by atoms with Crippen LogP contribution in [-0.4, -0.2) is 5.16 Å². The Morgan fingerprint density at radius 2 is 1.62 bits per heavy atom. The molecule has 0 aromatic heterocycles. The molecule has 0 heterocycles. The number of rotatable bonds is 6. The van der Waals surface area contributed by atoms with Crippen molar-refractivity contribution in [3.8, 4) is 0 Å². The smallest absolute Gasteiger partial charge is 0.162 e. The lowest BCUT2D eigenvalue weighted by molar-refractivity contribution is 0.296. The molecule has 0 rings (SSSR count). The zero-order valence-electron chi connectivity index (χ0n) is 9.63. The summed E-state index contributed by atoms with van der Waals surface area (Å²) >= 11 is 0. The lowest BCUT2D eigenvalue weighted by Crippen LogP contribution is -2.34. The summed E-state index contributed by atoms with van der Waals surface area (Å²) in [6.07, 6.45) is 3.46. The van der Waals surface area contributed by atoms with Crippen molar-refractivity contribution in [3.05, 3.63) is 0 Å². The van der Waals surface area contributed by atoms with Crippen LogP contribution in [0, 0.1) is 11.8 Å². The molecule has 0 unspecified atom stereocenters. The van der Waals surface area contributed by atoms with E-state index in [0.29, 0.717) is 20.3 Å². The lowest BCUT2D eigenvalue weighted by Gasteiger charge is -2.35. The van der Waals surface area contributed by atoms with E-state index in [1.54, 1.807) is 0 Å². The third-order valence-corrected chi connectivity index (χ3v) is 4.70. The number of hydrogen-bond acceptors (Lipinski definition) is 1. The second kappa shape index (κ2) is 5.75. The van der Waals surface area contributed by atoms with Gasteiger partial charge in [-0.25, -0.2) is 0 Å². The van der Waals surface area contributed by atoms with E-state index in [9.17, 15) is 4.57 Å². The van der Waals surface area contributed by atoms with E-state index in [1.807, 2.05) is 0 Å². The van der Waals surface area contributed by atoms with E-state index in [1.165, 1.54) is 12.8 Å². The van der Waals surface area contributed by atoms with Gasteiger partial charge in [0.1, 0.15) is 0 Å². The molecule has 0 aromatic carbocycles. The molecule has 0 aliphatic carbocycles. The highest BCUT2D eigenvalue weighted by Crippen LogP contribution is 2.42. The maximum atomic E-state index is 11.3. The first-order valence-electron chi connectivity index (χ1n) is 5.35. The Balaban J connectivity index is 4.55. The van der Waals surface area contributed by atoms with Crippen LogP contribution in [0.15, 0.2) is 0 Å². The van der Waals surface area contributed by atoms with E-state index in [2.05, 4.69) is 34.6 Å². The summed E-state index contributed by atoms with van der Waals surface area (Å²) in [5, 5.41) is 0.00993. The van der Waals surface area contributed by atoms with Gasteiger partial charge in [0.05, 0.1) is 5.16 Å². The Bertz CT molecular complexity index is 144. The number of hydrogen-bond donors (Lipinski definition) is 0. The van der Waals surface area contributed by atoms with Crippen LogP contribution in [-0.2, 0) is 4.57 Å². The van der Waals surface area contributed by atoms with Gasteiger partial charge in [0.15, 0.2) is 8.46 Å². The fourth-order valence-corrected chi connectivity index (χ4v) is 2.63. The summed E-state index contributed by atoms with van der Waals surface area (Å²) in [5.41, 5.74) is 0. The summed E-state index contributed by atoms with van der Waals surface area (Å²) in [7, 11) is 0.332. The molecule has 0 aliphatic rings. The molecule has 0 N–H and O–H groups in total. The lowest BCUT2D eigenvalue weighted by atomic mass is 9.80. The van der Waals surface area contributed by atoms with Crippen molar-refractivity contribution in [1.82, 2.24) is 0 Å². The van der Waals surface area contributed by atoms with Crippen molar-refractivity contribution in [2.24, 2.45) is 11.8 Å². The first-order chi connectivity index (χ1) is 6.01. The molecule has 0 saturated heterocycles. The first-order valence-corrected chi connectivity index (χ1v) is 6.17. The van der Waals surface area contributed by atoms with Crippen molar-refractivity contribution in [2.75, 3.05) is 0 Å². The molecule has 13 heavy (non-hydrogen) atoms. The Labute approximate surface area is 84.5 Å². The molecule has 0 radical (unpaired) electrons. The van der Waals surface area contributed by atoms with Crippen LogP contribution < -0.4 is 0 Å². The van der Waals surface area contributed by atoms with Crippen LogP contribution in [0.25, 0.3) is 0 Å². The normalized spacial score (nSPS) is 13.2. The van der Waals surface area contributed by atoms with Crippen molar-refractivity contribution in [1.29, 1.82) is 0 Å². The molecule has 0 fully saturated rings. The minimum Gasteiger partial charge on any atom is -0.274 e. The zero-order chi connectivity index (χ0) is 10.5. The van der Waals surface area contributed by atoms with Crippen molar-refractivity contribution in [3.63, 3.8) is 0 Å². The average molecular weight is 202 g/mol. The van der Waals surface area contributed by atoms with Gasteiger partial charge in [-0.1, -0.05) is 47.5 Å².